The monoisotopic (exact) mass is 392 g/mol. The van der Waals surface area contributed by atoms with Crippen LogP contribution in [0.15, 0.2) is 60.7 Å². The molecule has 0 aromatic heterocycles. The highest BCUT2D eigenvalue weighted by Crippen LogP contribution is 2.21. The van der Waals surface area contributed by atoms with E-state index in [0.717, 1.165) is 5.56 Å². The van der Waals surface area contributed by atoms with Crippen molar-refractivity contribution in [2.45, 2.75) is 37.1 Å². The third-order valence-electron chi connectivity index (χ3n) is 4.37. The maximum absolute atomic E-state index is 12.2. The first-order valence-electron chi connectivity index (χ1n) is 8.90. The Kier molecular flexibility index (Phi) is 6.98. The fourth-order valence-corrected chi connectivity index (χ4v) is 3.99. The van der Waals surface area contributed by atoms with E-state index < -0.39 is 28.4 Å². The van der Waals surface area contributed by atoms with Crippen molar-refractivity contribution in [2.75, 3.05) is 13.2 Å². The average molecular weight is 392 g/mol. The molecule has 2 aromatic carbocycles. The zero-order valence-corrected chi connectivity index (χ0v) is 15.8. The number of aliphatic hydroxyl groups is 1. The molecule has 0 unspecified atom stereocenters. The number of hydrogen-bond donors (Lipinski definition) is 1. The van der Waals surface area contributed by atoms with Gasteiger partial charge >= 0.3 is 0 Å². The quantitative estimate of drug-likeness (QED) is 0.694. The van der Waals surface area contributed by atoms with Crippen molar-refractivity contribution in [3.8, 4) is 0 Å². The van der Waals surface area contributed by atoms with Gasteiger partial charge in [0, 0.05) is 6.61 Å². The summed E-state index contributed by atoms with van der Waals surface area (Å²) < 4.78 is 41.1. The molecule has 27 heavy (non-hydrogen) atoms. The van der Waals surface area contributed by atoms with Gasteiger partial charge in [-0.2, -0.15) is 8.42 Å². The summed E-state index contributed by atoms with van der Waals surface area (Å²) in [5.74, 6) is -0.210. The van der Waals surface area contributed by atoms with Gasteiger partial charge in [-0.1, -0.05) is 60.7 Å². The molecule has 0 aliphatic carbocycles. The minimum atomic E-state index is -3.76. The molecule has 1 saturated heterocycles. The van der Waals surface area contributed by atoms with Crippen molar-refractivity contribution in [2.24, 2.45) is 0 Å². The topological polar surface area (TPSA) is 82.1 Å². The Morgan fingerprint density at radius 1 is 1.00 bits per heavy atom. The summed E-state index contributed by atoms with van der Waals surface area (Å²) in [7, 11) is -3.76. The highest BCUT2D eigenvalue weighted by atomic mass is 32.2. The summed E-state index contributed by atoms with van der Waals surface area (Å²) in [5.41, 5.74) is 1.62. The second-order valence-electron chi connectivity index (χ2n) is 6.50. The minimum absolute atomic E-state index is 0.189. The maximum atomic E-state index is 12.2. The van der Waals surface area contributed by atoms with E-state index in [1.807, 2.05) is 36.4 Å². The second kappa shape index (κ2) is 9.43. The molecule has 146 valence electrons. The predicted octanol–water partition coefficient (Wildman–Crippen LogP) is 2.27. The van der Waals surface area contributed by atoms with E-state index in [1.165, 1.54) is 0 Å². The Bertz CT molecular complexity index is 794. The number of rotatable bonds is 8. The van der Waals surface area contributed by atoms with Gasteiger partial charge < -0.3 is 14.6 Å². The lowest BCUT2D eigenvalue weighted by molar-refractivity contribution is -0.172. The van der Waals surface area contributed by atoms with Crippen LogP contribution in [0.2, 0.25) is 0 Å². The van der Waals surface area contributed by atoms with Gasteiger partial charge in [-0.3, -0.25) is 4.18 Å². The van der Waals surface area contributed by atoms with Gasteiger partial charge in [0.1, 0.15) is 18.0 Å². The van der Waals surface area contributed by atoms with Crippen LogP contribution >= 0.6 is 0 Å². The van der Waals surface area contributed by atoms with Gasteiger partial charge in [-0.25, -0.2) is 0 Å². The van der Waals surface area contributed by atoms with E-state index in [4.69, 9.17) is 13.7 Å². The zero-order valence-electron chi connectivity index (χ0n) is 14.9. The normalized spacial score (nSPS) is 23.2. The lowest BCUT2D eigenvalue weighted by Gasteiger charge is -2.35. The molecule has 0 saturated carbocycles. The van der Waals surface area contributed by atoms with Crippen LogP contribution in [0.25, 0.3) is 0 Å². The van der Waals surface area contributed by atoms with Crippen LogP contribution in [0, 0.1) is 0 Å². The van der Waals surface area contributed by atoms with Gasteiger partial charge in [0.25, 0.3) is 10.1 Å². The van der Waals surface area contributed by atoms with Crippen molar-refractivity contribution >= 4 is 10.1 Å². The zero-order chi connectivity index (χ0) is 19.1. The number of ether oxygens (including phenoxy) is 2. The van der Waals surface area contributed by atoms with Crippen molar-refractivity contribution in [3.05, 3.63) is 71.8 Å². The molecular weight excluding hydrogens is 368 g/mol. The van der Waals surface area contributed by atoms with Crippen molar-refractivity contribution in [1.29, 1.82) is 0 Å². The molecule has 1 heterocycles. The van der Waals surface area contributed by atoms with Gasteiger partial charge in [-0.05, 0) is 17.5 Å². The highest BCUT2D eigenvalue weighted by Gasteiger charge is 2.35. The first-order valence-corrected chi connectivity index (χ1v) is 10.5. The molecule has 7 heteroatoms. The average Bonchev–Trinajstić information content (AvgIpc) is 2.67. The standard InChI is InChI=1S/C20H24O6S/c21-18-11-12-24-19(20(18)25-13-16-7-3-1-4-8-16)14-26-27(22,23)15-17-9-5-2-6-10-17/h1-10,18-21H,11-15H2/t18-,19-,20+/m1/s1. The van der Waals surface area contributed by atoms with E-state index in [0.29, 0.717) is 25.2 Å². The van der Waals surface area contributed by atoms with E-state index in [2.05, 4.69) is 0 Å². The summed E-state index contributed by atoms with van der Waals surface area (Å²) in [6.45, 7) is 0.448. The maximum Gasteiger partial charge on any atom is 0.271 e. The van der Waals surface area contributed by atoms with Crippen molar-refractivity contribution in [1.82, 2.24) is 0 Å². The van der Waals surface area contributed by atoms with Gasteiger partial charge in [0.2, 0.25) is 0 Å². The Hall–Kier alpha value is -1.77. The summed E-state index contributed by atoms with van der Waals surface area (Å²) in [6, 6.07) is 18.4. The molecule has 2 aromatic rings. The van der Waals surface area contributed by atoms with Crippen LogP contribution < -0.4 is 0 Å². The van der Waals surface area contributed by atoms with Crippen LogP contribution in [-0.4, -0.2) is 45.0 Å². The number of aliphatic hydroxyl groups excluding tert-OH is 1. The fraction of sp³-hybridized carbons (Fsp3) is 0.400. The van der Waals surface area contributed by atoms with E-state index in [1.54, 1.807) is 24.3 Å². The fourth-order valence-electron chi connectivity index (χ4n) is 2.97. The molecule has 0 bridgehead atoms. The molecule has 1 aliphatic heterocycles. The molecule has 1 N–H and O–H groups in total. The first-order chi connectivity index (χ1) is 13.0. The third-order valence-corrected chi connectivity index (χ3v) is 5.56. The molecule has 0 radical (unpaired) electrons. The van der Waals surface area contributed by atoms with Crippen molar-refractivity contribution < 1.29 is 27.2 Å². The van der Waals surface area contributed by atoms with Crippen LogP contribution in [0.5, 0.6) is 0 Å². The third kappa shape index (κ3) is 6.12. The van der Waals surface area contributed by atoms with Crippen LogP contribution in [0.4, 0.5) is 0 Å². The molecule has 3 atom stereocenters. The lowest BCUT2D eigenvalue weighted by atomic mass is 10.0. The van der Waals surface area contributed by atoms with Crippen molar-refractivity contribution in [3.63, 3.8) is 0 Å². The predicted molar refractivity (Wildman–Crippen MR) is 100 cm³/mol. The summed E-state index contributed by atoms with van der Waals surface area (Å²) >= 11 is 0. The first kappa shape index (κ1) is 20.0. The van der Waals surface area contributed by atoms with E-state index in [-0.39, 0.29) is 12.4 Å². The van der Waals surface area contributed by atoms with Gasteiger partial charge in [0.05, 0.1) is 19.3 Å². The summed E-state index contributed by atoms with van der Waals surface area (Å²) in [4.78, 5) is 0. The second-order valence-corrected chi connectivity index (χ2v) is 8.14. The molecule has 0 amide bonds. The van der Waals surface area contributed by atoms with Gasteiger partial charge in [0.15, 0.2) is 0 Å². The number of hydrogen-bond acceptors (Lipinski definition) is 6. The van der Waals surface area contributed by atoms with Crippen LogP contribution in [-0.2, 0) is 36.1 Å². The molecular formula is C20H24O6S. The lowest BCUT2D eigenvalue weighted by Crippen LogP contribution is -2.48. The number of benzene rings is 2. The van der Waals surface area contributed by atoms with Gasteiger partial charge in [-0.15, -0.1) is 0 Å². The highest BCUT2D eigenvalue weighted by molar-refractivity contribution is 7.85. The van der Waals surface area contributed by atoms with E-state index >= 15 is 0 Å². The smallest absolute Gasteiger partial charge is 0.271 e. The Morgan fingerprint density at radius 3 is 2.30 bits per heavy atom. The summed E-state index contributed by atoms with van der Waals surface area (Å²) in [5, 5.41) is 10.3. The molecule has 1 aliphatic rings. The Morgan fingerprint density at radius 2 is 1.63 bits per heavy atom. The van der Waals surface area contributed by atoms with E-state index in [9.17, 15) is 13.5 Å². The molecule has 0 spiro atoms. The molecule has 6 nitrogen and oxygen atoms in total. The molecule has 1 fully saturated rings. The largest absolute Gasteiger partial charge is 0.390 e. The Balaban J connectivity index is 1.57. The minimum Gasteiger partial charge on any atom is -0.390 e. The summed E-state index contributed by atoms with van der Waals surface area (Å²) in [6.07, 6.45) is -1.59. The van der Waals surface area contributed by atoms with Crippen LogP contribution in [0.3, 0.4) is 0 Å². The molecule has 3 rings (SSSR count). The van der Waals surface area contributed by atoms with Crippen LogP contribution in [0.1, 0.15) is 17.5 Å². The SMILES string of the molecule is O=S(=O)(Cc1ccccc1)OC[C@H]1OCC[C@@H](O)[C@@H]1OCc1ccccc1. The Labute approximate surface area is 159 Å².